The Kier molecular flexibility index (Phi) is 5.48. The van der Waals surface area contributed by atoms with Gasteiger partial charge >= 0.3 is 0 Å². The van der Waals surface area contributed by atoms with Gasteiger partial charge in [0.1, 0.15) is 0 Å². The predicted octanol–water partition coefficient (Wildman–Crippen LogP) is 2.03. The highest BCUT2D eigenvalue weighted by molar-refractivity contribution is 5.55. The van der Waals surface area contributed by atoms with Gasteiger partial charge in [0, 0.05) is 32.2 Å². The van der Waals surface area contributed by atoms with Crippen molar-refractivity contribution >= 4 is 0 Å². The number of fused-ring (bicyclic) bond motifs is 1. The molecular formula is C18H27NO5. The van der Waals surface area contributed by atoms with E-state index in [1.54, 1.807) is 14.2 Å². The Bertz CT molecular complexity index is 565. The van der Waals surface area contributed by atoms with Crippen LogP contribution in [0.3, 0.4) is 0 Å². The van der Waals surface area contributed by atoms with Crippen LogP contribution in [0.25, 0.3) is 0 Å². The molecule has 134 valence electrons. The molecule has 1 fully saturated rings. The Labute approximate surface area is 143 Å². The molecule has 0 bridgehead atoms. The third kappa shape index (κ3) is 3.61. The number of aliphatic hydroxyl groups excluding tert-OH is 1. The molecule has 1 saturated heterocycles. The van der Waals surface area contributed by atoms with Crippen molar-refractivity contribution in [2.45, 2.75) is 25.8 Å². The van der Waals surface area contributed by atoms with Crippen molar-refractivity contribution in [1.29, 1.82) is 0 Å². The zero-order valence-corrected chi connectivity index (χ0v) is 14.5. The topological polar surface area (TPSA) is 60.4 Å². The molecule has 2 aliphatic heterocycles. The lowest BCUT2D eigenvalue weighted by Gasteiger charge is -2.42. The highest BCUT2D eigenvalue weighted by Crippen LogP contribution is 2.42. The molecule has 0 saturated carbocycles. The molecule has 0 amide bonds. The van der Waals surface area contributed by atoms with Crippen molar-refractivity contribution < 1.29 is 24.1 Å². The molecule has 1 unspecified atom stereocenters. The summed E-state index contributed by atoms with van der Waals surface area (Å²) in [7, 11) is 3.36. The van der Waals surface area contributed by atoms with E-state index in [1.165, 1.54) is 0 Å². The van der Waals surface area contributed by atoms with E-state index in [4.69, 9.17) is 18.9 Å². The summed E-state index contributed by atoms with van der Waals surface area (Å²) in [5, 5.41) is 9.92. The number of hydrogen-bond donors (Lipinski definition) is 1. The van der Waals surface area contributed by atoms with Crippen LogP contribution in [0.5, 0.6) is 17.2 Å². The number of methoxy groups -OCH3 is 2. The van der Waals surface area contributed by atoms with Gasteiger partial charge < -0.3 is 24.1 Å². The van der Waals surface area contributed by atoms with Crippen molar-refractivity contribution in [3.05, 3.63) is 17.7 Å². The Balaban J connectivity index is 1.71. The fourth-order valence-electron chi connectivity index (χ4n) is 3.71. The molecule has 0 aliphatic carbocycles. The van der Waals surface area contributed by atoms with Gasteiger partial charge in [0.25, 0.3) is 0 Å². The molecule has 1 aromatic rings. The first-order valence-corrected chi connectivity index (χ1v) is 8.48. The van der Waals surface area contributed by atoms with Gasteiger partial charge in [-0.1, -0.05) is 0 Å². The molecule has 1 atom stereocenters. The van der Waals surface area contributed by atoms with Gasteiger partial charge in [-0.2, -0.15) is 0 Å². The quantitative estimate of drug-likeness (QED) is 0.822. The maximum Gasteiger partial charge on any atom is 0.231 e. The smallest absolute Gasteiger partial charge is 0.231 e. The van der Waals surface area contributed by atoms with Gasteiger partial charge in [-0.25, -0.2) is 0 Å². The van der Waals surface area contributed by atoms with E-state index in [1.807, 2.05) is 12.1 Å². The van der Waals surface area contributed by atoms with Crippen LogP contribution in [0.2, 0.25) is 0 Å². The second kappa shape index (κ2) is 7.59. The number of ether oxygens (including phenoxy) is 4. The fourth-order valence-corrected chi connectivity index (χ4v) is 3.71. The number of piperidine rings is 1. The molecule has 1 aromatic carbocycles. The van der Waals surface area contributed by atoms with Gasteiger partial charge in [0.15, 0.2) is 11.5 Å². The van der Waals surface area contributed by atoms with Crippen LogP contribution in [0, 0.1) is 5.41 Å². The van der Waals surface area contributed by atoms with Gasteiger partial charge in [0.05, 0.1) is 13.7 Å². The van der Waals surface area contributed by atoms with Gasteiger partial charge in [-0.3, -0.25) is 4.90 Å². The van der Waals surface area contributed by atoms with E-state index in [2.05, 4.69) is 4.90 Å². The molecular weight excluding hydrogens is 310 g/mol. The third-order valence-corrected chi connectivity index (χ3v) is 5.04. The van der Waals surface area contributed by atoms with E-state index < -0.39 is 0 Å². The second-order valence-electron chi connectivity index (χ2n) is 6.75. The highest BCUT2D eigenvalue weighted by atomic mass is 16.7. The lowest BCUT2D eigenvalue weighted by atomic mass is 9.78. The van der Waals surface area contributed by atoms with Gasteiger partial charge in [-0.15, -0.1) is 0 Å². The summed E-state index contributed by atoms with van der Waals surface area (Å²) < 4.78 is 21.6. The summed E-state index contributed by atoms with van der Waals surface area (Å²) in [5.74, 6) is 2.14. The minimum atomic E-state index is -0.0608. The van der Waals surface area contributed by atoms with Crippen molar-refractivity contribution in [2.75, 3.05) is 47.3 Å². The monoisotopic (exact) mass is 337 g/mol. The number of aliphatic hydroxyl groups is 1. The minimum absolute atomic E-state index is 0.0608. The molecule has 24 heavy (non-hydrogen) atoms. The lowest BCUT2D eigenvalue weighted by Crippen LogP contribution is -2.45. The summed E-state index contributed by atoms with van der Waals surface area (Å²) in [4.78, 5) is 2.40. The predicted molar refractivity (Wildman–Crippen MR) is 89.6 cm³/mol. The second-order valence-corrected chi connectivity index (χ2v) is 6.75. The van der Waals surface area contributed by atoms with Crippen molar-refractivity contribution in [3.63, 3.8) is 0 Å². The third-order valence-electron chi connectivity index (χ3n) is 5.04. The molecule has 0 spiro atoms. The molecule has 2 heterocycles. The minimum Gasteiger partial charge on any atom is -0.493 e. The molecule has 2 aliphatic rings. The van der Waals surface area contributed by atoms with Crippen LogP contribution < -0.4 is 14.2 Å². The standard InChI is InChI=1S/C18H27NO5/c1-21-7-5-18(12-20)4-3-6-19(11-18)10-14-8-15(22-2)17-16(9-14)23-13-24-17/h8-9,20H,3-7,10-13H2,1-2H3. The number of rotatable bonds is 7. The lowest BCUT2D eigenvalue weighted by molar-refractivity contribution is 0.00473. The van der Waals surface area contributed by atoms with E-state index in [0.717, 1.165) is 50.2 Å². The van der Waals surface area contributed by atoms with Crippen molar-refractivity contribution in [3.8, 4) is 17.2 Å². The van der Waals surface area contributed by atoms with Crippen LogP contribution >= 0.6 is 0 Å². The Hall–Kier alpha value is -1.50. The van der Waals surface area contributed by atoms with Crippen molar-refractivity contribution in [2.24, 2.45) is 5.41 Å². The first-order valence-electron chi connectivity index (χ1n) is 8.48. The van der Waals surface area contributed by atoms with E-state index in [0.29, 0.717) is 18.1 Å². The largest absolute Gasteiger partial charge is 0.493 e. The number of likely N-dealkylation sites (tertiary alicyclic amines) is 1. The normalized spacial score (nSPS) is 23.5. The summed E-state index contributed by atoms with van der Waals surface area (Å²) in [6.07, 6.45) is 3.03. The summed E-state index contributed by atoms with van der Waals surface area (Å²) in [6, 6.07) is 4.03. The average molecular weight is 337 g/mol. The SMILES string of the molecule is COCCC1(CO)CCCN(Cc2cc(OC)c3c(c2)OCO3)C1. The molecule has 3 rings (SSSR count). The first-order chi connectivity index (χ1) is 11.7. The highest BCUT2D eigenvalue weighted by Gasteiger charge is 2.34. The maximum atomic E-state index is 9.92. The molecule has 6 nitrogen and oxygen atoms in total. The molecule has 0 radical (unpaired) electrons. The zero-order chi connectivity index (χ0) is 17.0. The Morgan fingerprint density at radius 2 is 2.17 bits per heavy atom. The van der Waals surface area contributed by atoms with E-state index in [-0.39, 0.29) is 18.8 Å². The Morgan fingerprint density at radius 1 is 1.29 bits per heavy atom. The van der Waals surface area contributed by atoms with Gasteiger partial charge in [0.2, 0.25) is 12.5 Å². The van der Waals surface area contributed by atoms with Crippen molar-refractivity contribution in [1.82, 2.24) is 4.90 Å². The maximum absolute atomic E-state index is 9.92. The van der Waals surface area contributed by atoms with E-state index >= 15 is 0 Å². The fraction of sp³-hybridized carbons (Fsp3) is 0.667. The number of hydrogen-bond acceptors (Lipinski definition) is 6. The van der Waals surface area contributed by atoms with Crippen LogP contribution in [0.4, 0.5) is 0 Å². The summed E-state index contributed by atoms with van der Waals surface area (Å²) >= 11 is 0. The van der Waals surface area contributed by atoms with Crippen LogP contribution in [0.15, 0.2) is 12.1 Å². The van der Waals surface area contributed by atoms with Crippen LogP contribution in [0.1, 0.15) is 24.8 Å². The van der Waals surface area contributed by atoms with Gasteiger partial charge in [-0.05, 0) is 43.5 Å². The summed E-state index contributed by atoms with van der Waals surface area (Å²) in [5.41, 5.74) is 1.07. The van der Waals surface area contributed by atoms with Crippen LogP contribution in [-0.4, -0.2) is 57.3 Å². The molecule has 6 heteroatoms. The zero-order valence-electron chi connectivity index (χ0n) is 14.5. The Morgan fingerprint density at radius 3 is 2.92 bits per heavy atom. The average Bonchev–Trinajstić information content (AvgIpc) is 3.08. The number of nitrogens with zero attached hydrogens (tertiary/aromatic N) is 1. The number of benzene rings is 1. The van der Waals surface area contributed by atoms with Crippen LogP contribution in [-0.2, 0) is 11.3 Å². The molecule has 0 aromatic heterocycles. The molecule has 1 N–H and O–H groups in total. The first kappa shape index (κ1) is 17.3. The summed E-state index contributed by atoms with van der Waals surface area (Å²) in [6.45, 7) is 3.85. The van der Waals surface area contributed by atoms with E-state index in [9.17, 15) is 5.11 Å².